The van der Waals surface area contributed by atoms with Crippen LogP contribution in [0.3, 0.4) is 0 Å². The summed E-state index contributed by atoms with van der Waals surface area (Å²) in [6, 6.07) is 3.72. The molecule has 2 aliphatic rings. The molecule has 2 saturated heterocycles. The van der Waals surface area contributed by atoms with Crippen LogP contribution in [0.1, 0.15) is 11.8 Å². The Balaban J connectivity index is 1.43. The second kappa shape index (κ2) is 10.4. The molecular formula is C18H30N4O5+2. The van der Waals surface area contributed by atoms with Crippen LogP contribution in [0, 0.1) is 0 Å². The maximum atomic E-state index is 12.2. The van der Waals surface area contributed by atoms with Gasteiger partial charge in [-0.15, -0.1) is 0 Å². The Morgan fingerprint density at radius 2 is 1.67 bits per heavy atom. The summed E-state index contributed by atoms with van der Waals surface area (Å²) in [5, 5.41) is 5.46. The molecule has 150 valence electrons. The molecule has 1 aromatic heterocycles. The van der Waals surface area contributed by atoms with Crippen molar-refractivity contribution < 1.29 is 33.3 Å². The van der Waals surface area contributed by atoms with Crippen molar-refractivity contribution >= 4 is 11.8 Å². The van der Waals surface area contributed by atoms with Crippen molar-refractivity contribution in [3.63, 3.8) is 0 Å². The van der Waals surface area contributed by atoms with Crippen molar-refractivity contribution in [2.45, 2.75) is 6.04 Å². The average Bonchev–Trinajstić information content (AvgIpc) is 3.24. The van der Waals surface area contributed by atoms with Gasteiger partial charge in [0.05, 0.1) is 52.3 Å². The van der Waals surface area contributed by atoms with Crippen LogP contribution in [-0.4, -0.2) is 84.1 Å². The topological polar surface area (TPSA) is 98.7 Å². The number of hydrogen-bond acceptors (Lipinski definition) is 5. The third-order valence-corrected chi connectivity index (χ3v) is 5.15. The molecule has 0 unspecified atom stereocenters. The first kappa shape index (κ1) is 19.8. The first-order chi connectivity index (χ1) is 13.2. The van der Waals surface area contributed by atoms with Crippen molar-refractivity contribution in [1.82, 2.24) is 10.6 Å². The van der Waals surface area contributed by atoms with E-state index >= 15 is 0 Å². The zero-order valence-corrected chi connectivity index (χ0v) is 15.6. The Labute approximate surface area is 158 Å². The van der Waals surface area contributed by atoms with Gasteiger partial charge in [0.25, 0.3) is 0 Å². The molecule has 2 amide bonds. The minimum Gasteiger partial charge on any atom is -0.463 e. The van der Waals surface area contributed by atoms with Crippen LogP contribution < -0.4 is 20.4 Å². The Bertz CT molecular complexity index is 583. The number of nitrogens with one attached hydrogen (secondary N) is 4. The van der Waals surface area contributed by atoms with E-state index in [1.54, 1.807) is 6.26 Å². The monoisotopic (exact) mass is 382 g/mol. The van der Waals surface area contributed by atoms with Gasteiger partial charge in [-0.1, -0.05) is 0 Å². The summed E-state index contributed by atoms with van der Waals surface area (Å²) in [6.07, 6.45) is 1.63. The molecule has 27 heavy (non-hydrogen) atoms. The van der Waals surface area contributed by atoms with Gasteiger partial charge in [-0.05, 0) is 12.1 Å². The molecule has 0 aliphatic carbocycles. The molecule has 3 heterocycles. The lowest BCUT2D eigenvalue weighted by atomic mass is 10.1. The standard InChI is InChI=1S/C18H28N4O5/c23-17(19-3-4-21-5-10-25-11-6-21)18(24)20-14-15(16-2-1-9-27-16)22-7-12-26-13-8-22/h1-2,9,15H,3-8,10-14H2,(H,19,23)(H,20,24)/p+2/t15-/m1/s1. The molecule has 2 fully saturated rings. The van der Waals surface area contributed by atoms with Crippen LogP contribution in [-0.2, 0) is 19.1 Å². The van der Waals surface area contributed by atoms with E-state index in [-0.39, 0.29) is 6.04 Å². The fourth-order valence-corrected chi connectivity index (χ4v) is 3.54. The number of carbonyl (C=O) groups excluding carboxylic acids is 2. The van der Waals surface area contributed by atoms with Crippen molar-refractivity contribution in [2.24, 2.45) is 0 Å². The van der Waals surface area contributed by atoms with Crippen LogP contribution in [0.25, 0.3) is 0 Å². The first-order valence-corrected chi connectivity index (χ1v) is 9.67. The summed E-state index contributed by atoms with van der Waals surface area (Å²) < 4.78 is 16.3. The Hall–Kier alpha value is -1.94. The van der Waals surface area contributed by atoms with Crippen molar-refractivity contribution in [1.29, 1.82) is 0 Å². The molecule has 2 aliphatic heterocycles. The summed E-state index contributed by atoms with van der Waals surface area (Å²) in [7, 11) is 0. The predicted molar refractivity (Wildman–Crippen MR) is 95.4 cm³/mol. The highest BCUT2D eigenvalue weighted by atomic mass is 16.5. The Morgan fingerprint density at radius 1 is 1.00 bits per heavy atom. The minimum absolute atomic E-state index is 0.0292. The second-order valence-electron chi connectivity index (χ2n) is 6.92. The lowest BCUT2D eigenvalue weighted by Crippen LogP contribution is -3.15. The SMILES string of the molecule is O=C(NCC[NH+]1CCOCC1)C(=O)NC[C@H](c1ccco1)[NH+]1CCOCC1. The van der Waals surface area contributed by atoms with Crippen LogP contribution in [0.4, 0.5) is 0 Å². The number of carbonyl (C=O) groups is 2. The summed E-state index contributed by atoms with van der Waals surface area (Å²) in [4.78, 5) is 26.9. The molecular weight excluding hydrogens is 352 g/mol. The van der Waals surface area contributed by atoms with Gasteiger partial charge in [0.1, 0.15) is 26.2 Å². The fraction of sp³-hybridized carbons (Fsp3) is 0.667. The number of hydrogen-bond donors (Lipinski definition) is 4. The third-order valence-electron chi connectivity index (χ3n) is 5.15. The molecule has 9 nitrogen and oxygen atoms in total. The van der Waals surface area contributed by atoms with Crippen molar-refractivity contribution in [3.05, 3.63) is 24.2 Å². The highest BCUT2D eigenvalue weighted by molar-refractivity contribution is 6.35. The highest BCUT2D eigenvalue weighted by Gasteiger charge is 2.29. The van der Waals surface area contributed by atoms with Gasteiger partial charge in [-0.25, -0.2) is 0 Å². The van der Waals surface area contributed by atoms with Crippen LogP contribution in [0.5, 0.6) is 0 Å². The van der Waals surface area contributed by atoms with Gasteiger partial charge in [0, 0.05) is 0 Å². The fourth-order valence-electron chi connectivity index (χ4n) is 3.54. The van der Waals surface area contributed by atoms with E-state index in [0.717, 1.165) is 51.7 Å². The molecule has 1 aromatic rings. The highest BCUT2D eigenvalue weighted by Crippen LogP contribution is 2.09. The molecule has 0 radical (unpaired) electrons. The molecule has 0 bridgehead atoms. The minimum atomic E-state index is -0.601. The lowest BCUT2D eigenvalue weighted by Gasteiger charge is -2.30. The Morgan fingerprint density at radius 3 is 2.33 bits per heavy atom. The van der Waals surface area contributed by atoms with Crippen molar-refractivity contribution in [2.75, 3.05) is 72.2 Å². The maximum Gasteiger partial charge on any atom is 0.309 e. The van der Waals surface area contributed by atoms with E-state index < -0.39 is 11.8 Å². The summed E-state index contributed by atoms with van der Waals surface area (Å²) in [5.74, 6) is -0.377. The van der Waals surface area contributed by atoms with Gasteiger partial charge in [0.2, 0.25) is 0 Å². The number of furan rings is 1. The number of ether oxygens (including phenoxy) is 2. The van der Waals surface area contributed by atoms with Crippen LogP contribution in [0.15, 0.2) is 22.8 Å². The second-order valence-corrected chi connectivity index (χ2v) is 6.92. The molecule has 4 N–H and O–H groups in total. The largest absolute Gasteiger partial charge is 0.463 e. The van der Waals surface area contributed by atoms with E-state index in [1.165, 1.54) is 9.80 Å². The molecule has 0 spiro atoms. The van der Waals surface area contributed by atoms with E-state index in [1.807, 2.05) is 12.1 Å². The third kappa shape index (κ3) is 6.03. The van der Waals surface area contributed by atoms with E-state index in [0.29, 0.717) is 26.3 Å². The molecule has 0 saturated carbocycles. The number of morpholine rings is 2. The summed E-state index contributed by atoms with van der Waals surface area (Å²) in [6.45, 7) is 8.08. The molecule has 1 atom stereocenters. The molecule has 0 aromatic carbocycles. The molecule has 3 rings (SSSR count). The smallest absolute Gasteiger partial charge is 0.309 e. The molecule has 9 heteroatoms. The predicted octanol–water partition coefficient (Wildman–Crippen LogP) is -3.62. The quantitative estimate of drug-likeness (QED) is 0.365. The van der Waals surface area contributed by atoms with Gasteiger partial charge < -0.3 is 34.3 Å². The van der Waals surface area contributed by atoms with Crippen molar-refractivity contribution in [3.8, 4) is 0 Å². The Kier molecular flexibility index (Phi) is 7.64. The van der Waals surface area contributed by atoms with Gasteiger partial charge in [0.15, 0.2) is 11.8 Å². The zero-order valence-electron chi connectivity index (χ0n) is 15.6. The zero-order chi connectivity index (χ0) is 18.9. The number of amides is 2. The summed E-state index contributed by atoms with van der Waals surface area (Å²) in [5.41, 5.74) is 0. The number of rotatable bonds is 7. The maximum absolute atomic E-state index is 12.2. The van der Waals surface area contributed by atoms with Crippen LogP contribution >= 0.6 is 0 Å². The normalized spacial score (nSPS) is 20.1. The van der Waals surface area contributed by atoms with E-state index in [2.05, 4.69) is 10.6 Å². The van der Waals surface area contributed by atoms with Crippen LogP contribution in [0.2, 0.25) is 0 Å². The first-order valence-electron chi connectivity index (χ1n) is 9.67. The summed E-state index contributed by atoms with van der Waals surface area (Å²) >= 11 is 0. The van der Waals surface area contributed by atoms with Gasteiger partial charge >= 0.3 is 11.8 Å². The van der Waals surface area contributed by atoms with Gasteiger partial charge in [-0.2, -0.15) is 0 Å². The van der Waals surface area contributed by atoms with E-state index in [9.17, 15) is 9.59 Å². The number of quaternary nitrogens is 2. The van der Waals surface area contributed by atoms with Gasteiger partial charge in [-0.3, -0.25) is 9.59 Å². The lowest BCUT2D eigenvalue weighted by molar-refractivity contribution is -0.938. The average molecular weight is 382 g/mol. The van der Waals surface area contributed by atoms with E-state index in [4.69, 9.17) is 13.9 Å².